The Bertz CT molecular complexity index is 1300. The smallest absolute Gasteiger partial charge is 0.306 e. The molecule has 0 aromatic rings. The third-order valence-electron chi connectivity index (χ3n) is 11.8. The number of esters is 3. The van der Waals surface area contributed by atoms with Gasteiger partial charge in [-0.05, 0) is 116 Å². The second-order valence-electron chi connectivity index (χ2n) is 18.5. The Kier molecular flexibility index (Phi) is 52.4. The third-order valence-corrected chi connectivity index (χ3v) is 11.8. The molecule has 384 valence electrons. The summed E-state index contributed by atoms with van der Waals surface area (Å²) in [6.07, 6.45) is 71.4. The maximum absolute atomic E-state index is 12.8. The van der Waals surface area contributed by atoms with Crippen LogP contribution in [0.3, 0.4) is 0 Å². The van der Waals surface area contributed by atoms with Gasteiger partial charge in [0.05, 0.1) is 0 Å². The molecule has 6 nitrogen and oxygen atoms in total. The van der Waals surface area contributed by atoms with Gasteiger partial charge in [0.25, 0.3) is 0 Å². The molecule has 0 aromatic carbocycles. The van der Waals surface area contributed by atoms with Gasteiger partial charge in [0.2, 0.25) is 0 Å². The predicted molar refractivity (Wildman–Crippen MR) is 288 cm³/mol. The zero-order valence-electron chi connectivity index (χ0n) is 43.9. The van der Waals surface area contributed by atoms with E-state index in [9.17, 15) is 14.4 Å². The Hall–Kier alpha value is -3.41. The van der Waals surface area contributed by atoms with Gasteiger partial charge >= 0.3 is 17.9 Å². The van der Waals surface area contributed by atoms with E-state index < -0.39 is 6.10 Å². The zero-order chi connectivity index (χ0) is 48.6. The molecule has 0 amide bonds. The van der Waals surface area contributed by atoms with Crippen LogP contribution in [0.1, 0.15) is 265 Å². The topological polar surface area (TPSA) is 78.9 Å². The summed E-state index contributed by atoms with van der Waals surface area (Å²) in [5, 5.41) is 0. The molecule has 0 aromatic heterocycles. The highest BCUT2D eigenvalue weighted by molar-refractivity contribution is 5.71. The lowest BCUT2D eigenvalue weighted by Gasteiger charge is -2.18. The van der Waals surface area contributed by atoms with Crippen LogP contribution in [-0.4, -0.2) is 37.2 Å². The van der Waals surface area contributed by atoms with E-state index in [1.807, 2.05) is 0 Å². The van der Waals surface area contributed by atoms with Crippen molar-refractivity contribution < 1.29 is 28.6 Å². The molecule has 0 saturated carbocycles. The van der Waals surface area contributed by atoms with Crippen LogP contribution in [0.25, 0.3) is 0 Å². The molecule has 0 fully saturated rings. The fourth-order valence-electron chi connectivity index (χ4n) is 7.58. The molecule has 0 saturated heterocycles. The Morgan fingerprint density at radius 3 is 0.940 bits per heavy atom. The molecule has 0 aliphatic carbocycles. The van der Waals surface area contributed by atoms with E-state index in [0.717, 1.165) is 89.9 Å². The summed E-state index contributed by atoms with van der Waals surface area (Å²) >= 11 is 0. The van der Waals surface area contributed by atoms with Crippen LogP contribution in [0, 0.1) is 0 Å². The lowest BCUT2D eigenvalue weighted by atomic mass is 10.1. The first-order chi connectivity index (χ1) is 33.0. The van der Waals surface area contributed by atoms with Gasteiger partial charge in [-0.2, -0.15) is 0 Å². The van der Waals surface area contributed by atoms with Crippen molar-refractivity contribution in [3.05, 3.63) is 85.1 Å². The van der Waals surface area contributed by atoms with Crippen molar-refractivity contribution in [3.8, 4) is 0 Å². The fraction of sp³-hybridized carbons (Fsp3) is 0.721. The van der Waals surface area contributed by atoms with Crippen molar-refractivity contribution in [2.45, 2.75) is 271 Å². The standard InChI is InChI=1S/C61H104O6/c1-4-7-10-13-16-19-22-25-28-30-33-36-39-42-45-48-51-54-60(63)66-57-58(56-65-59(62)53-50-47-44-41-38-35-32-27-24-21-18-15-12-9-6-3)67-61(64)55-52-49-46-43-40-37-34-31-29-26-23-20-17-14-11-8-5-2/h16,18-19,21,25-29,32-33,36,42,45,58H,4-15,17,20,22-24,30-31,34-35,37-41,43-44,46-57H2,1-3H3/b19-16-,21-18-,28-25-,29-26-,32-27-,36-33-,45-42-/t58-/m1/s1. The van der Waals surface area contributed by atoms with Crippen molar-refractivity contribution in [2.24, 2.45) is 0 Å². The number of rotatable bonds is 50. The minimum atomic E-state index is -0.807. The summed E-state index contributed by atoms with van der Waals surface area (Å²) in [4.78, 5) is 38.1. The highest BCUT2D eigenvalue weighted by Gasteiger charge is 2.19. The van der Waals surface area contributed by atoms with Crippen molar-refractivity contribution >= 4 is 17.9 Å². The average Bonchev–Trinajstić information content (AvgIpc) is 3.33. The Labute approximate surface area is 414 Å². The van der Waals surface area contributed by atoms with Gasteiger partial charge in [0.1, 0.15) is 13.2 Å². The molecule has 0 unspecified atom stereocenters. The monoisotopic (exact) mass is 933 g/mol. The number of hydrogen-bond acceptors (Lipinski definition) is 6. The zero-order valence-corrected chi connectivity index (χ0v) is 43.9. The highest BCUT2D eigenvalue weighted by atomic mass is 16.6. The largest absolute Gasteiger partial charge is 0.462 e. The van der Waals surface area contributed by atoms with Gasteiger partial charge in [-0.15, -0.1) is 0 Å². The molecule has 0 aliphatic heterocycles. The molecule has 0 heterocycles. The number of ether oxygens (including phenoxy) is 3. The van der Waals surface area contributed by atoms with E-state index in [1.54, 1.807) is 0 Å². The van der Waals surface area contributed by atoms with E-state index in [0.29, 0.717) is 19.3 Å². The number of unbranched alkanes of at least 4 members (excludes halogenated alkanes) is 25. The van der Waals surface area contributed by atoms with E-state index in [2.05, 4.69) is 106 Å². The summed E-state index contributed by atoms with van der Waals surface area (Å²) in [7, 11) is 0. The van der Waals surface area contributed by atoms with Crippen LogP contribution in [0.15, 0.2) is 85.1 Å². The highest BCUT2D eigenvalue weighted by Crippen LogP contribution is 2.14. The van der Waals surface area contributed by atoms with E-state index >= 15 is 0 Å². The average molecular weight is 933 g/mol. The fourth-order valence-corrected chi connectivity index (χ4v) is 7.58. The van der Waals surface area contributed by atoms with Crippen molar-refractivity contribution in [1.82, 2.24) is 0 Å². The molecule has 0 rings (SSSR count). The van der Waals surface area contributed by atoms with Gasteiger partial charge in [-0.25, -0.2) is 0 Å². The molecule has 67 heavy (non-hydrogen) atoms. The molecule has 0 N–H and O–H groups in total. The molecule has 0 aliphatic rings. The van der Waals surface area contributed by atoms with Gasteiger partial charge in [-0.1, -0.05) is 215 Å². The third kappa shape index (κ3) is 53.4. The Morgan fingerprint density at radius 2 is 0.552 bits per heavy atom. The SMILES string of the molecule is CCCCC/C=C\C/C=C\C/C=C\C/C=C\CCCC(=O)OC[C@@H](COC(=O)CCCCCCC/C=C\C/C=C\CCCCC)OC(=O)CCCCCCCCC/C=C\CCCCCCCC. The summed E-state index contributed by atoms with van der Waals surface area (Å²) < 4.78 is 16.8. The minimum Gasteiger partial charge on any atom is -0.462 e. The van der Waals surface area contributed by atoms with E-state index in [-0.39, 0.29) is 37.5 Å². The first-order valence-corrected chi connectivity index (χ1v) is 28.1. The molecular formula is C61H104O6. The lowest BCUT2D eigenvalue weighted by Crippen LogP contribution is -2.30. The van der Waals surface area contributed by atoms with Crippen molar-refractivity contribution in [3.63, 3.8) is 0 Å². The molecule has 1 atom stereocenters. The molecule has 6 heteroatoms. The van der Waals surface area contributed by atoms with Crippen LogP contribution in [-0.2, 0) is 28.6 Å². The Morgan fingerprint density at radius 1 is 0.299 bits per heavy atom. The molecule has 0 radical (unpaired) electrons. The van der Waals surface area contributed by atoms with E-state index in [4.69, 9.17) is 14.2 Å². The summed E-state index contributed by atoms with van der Waals surface area (Å²) in [6.45, 7) is 6.53. The predicted octanol–water partition coefficient (Wildman–Crippen LogP) is 18.8. The van der Waals surface area contributed by atoms with E-state index in [1.165, 1.54) is 128 Å². The van der Waals surface area contributed by atoms with Gasteiger partial charge in [0, 0.05) is 19.3 Å². The minimum absolute atomic E-state index is 0.103. The second kappa shape index (κ2) is 55.2. The van der Waals surface area contributed by atoms with Gasteiger partial charge in [-0.3, -0.25) is 14.4 Å². The van der Waals surface area contributed by atoms with Gasteiger partial charge in [0.15, 0.2) is 6.10 Å². The van der Waals surface area contributed by atoms with Crippen molar-refractivity contribution in [1.29, 1.82) is 0 Å². The van der Waals surface area contributed by atoms with Gasteiger partial charge < -0.3 is 14.2 Å². The van der Waals surface area contributed by atoms with Crippen LogP contribution in [0.2, 0.25) is 0 Å². The summed E-state index contributed by atoms with van der Waals surface area (Å²) in [5.74, 6) is -0.974. The quantitative estimate of drug-likeness (QED) is 0.0262. The van der Waals surface area contributed by atoms with Crippen molar-refractivity contribution in [2.75, 3.05) is 13.2 Å². The number of carbonyl (C=O) groups is 3. The lowest BCUT2D eigenvalue weighted by molar-refractivity contribution is -0.167. The normalized spacial score (nSPS) is 12.7. The first-order valence-electron chi connectivity index (χ1n) is 28.1. The molecule has 0 bridgehead atoms. The number of allylic oxidation sites excluding steroid dienone is 14. The summed E-state index contributed by atoms with van der Waals surface area (Å²) in [6, 6.07) is 0. The maximum Gasteiger partial charge on any atom is 0.306 e. The van der Waals surface area contributed by atoms with Crippen LogP contribution in [0.5, 0.6) is 0 Å². The Balaban J connectivity index is 4.50. The first kappa shape index (κ1) is 63.6. The maximum atomic E-state index is 12.8. The number of hydrogen-bond donors (Lipinski definition) is 0. The molecule has 0 spiro atoms. The number of carbonyl (C=O) groups excluding carboxylic acids is 3. The molecular weight excluding hydrogens is 829 g/mol. The second-order valence-corrected chi connectivity index (χ2v) is 18.5. The summed E-state index contributed by atoms with van der Waals surface area (Å²) in [5.41, 5.74) is 0. The van der Waals surface area contributed by atoms with Crippen LogP contribution >= 0.6 is 0 Å². The van der Waals surface area contributed by atoms with Crippen LogP contribution < -0.4 is 0 Å². The van der Waals surface area contributed by atoms with Crippen LogP contribution in [0.4, 0.5) is 0 Å².